The lowest BCUT2D eigenvalue weighted by Gasteiger charge is -2.36. The van der Waals surface area contributed by atoms with Gasteiger partial charge in [0.05, 0.1) is 22.5 Å². The van der Waals surface area contributed by atoms with E-state index in [9.17, 15) is 0 Å². The molecule has 4 heteroatoms. The van der Waals surface area contributed by atoms with E-state index in [-0.39, 0.29) is 0 Å². The van der Waals surface area contributed by atoms with Gasteiger partial charge in [-0.15, -0.1) is 0 Å². The van der Waals surface area contributed by atoms with Gasteiger partial charge >= 0.3 is 0 Å². The molecule has 0 N–H and O–H groups in total. The van der Waals surface area contributed by atoms with Crippen molar-refractivity contribution in [2.45, 2.75) is 32.1 Å². The van der Waals surface area contributed by atoms with Crippen LogP contribution in [0.15, 0.2) is 276 Å². The van der Waals surface area contributed by atoms with Crippen molar-refractivity contribution in [1.29, 1.82) is 0 Å². The maximum atomic E-state index is 7.31. The Labute approximate surface area is 470 Å². The smallest absolute Gasteiger partial charge is 0.160 e. The average Bonchev–Trinajstić information content (AvgIpc) is 2.79. The van der Waals surface area contributed by atoms with Crippen LogP contribution in [0.25, 0.3) is 87.3 Å². The van der Waals surface area contributed by atoms with Crippen molar-refractivity contribution in [2.75, 3.05) is 9.80 Å². The molecule has 4 nitrogen and oxygen atoms in total. The summed E-state index contributed by atoms with van der Waals surface area (Å²) in [7, 11) is 0. The van der Waals surface area contributed by atoms with E-state index in [0.29, 0.717) is 0 Å². The van der Waals surface area contributed by atoms with Gasteiger partial charge in [-0.2, -0.15) is 0 Å². The second-order valence-corrected chi connectivity index (χ2v) is 21.6. The second kappa shape index (κ2) is 18.5. The van der Waals surface area contributed by atoms with Gasteiger partial charge in [0, 0.05) is 44.0 Å². The third-order valence-corrected chi connectivity index (χ3v) is 17.4. The molecule has 13 aromatic carbocycles. The molecule has 0 atom stereocenters. The summed E-state index contributed by atoms with van der Waals surface area (Å²) in [5, 5.41) is 11.5. The van der Waals surface area contributed by atoms with Gasteiger partial charge in [-0.05, 0) is 139 Å². The molecule has 0 fully saturated rings. The van der Waals surface area contributed by atoms with Crippen LogP contribution < -0.4 is 9.80 Å². The molecule has 0 radical (unpaired) electrons. The molecule has 2 heterocycles. The standard InChI is InChI=1S/C77H54N2O2/c1-3-49-27-23-41-63-71-58-37-19-17-25-51(58)45-68(75(71)80-73(49)63)78(55-33-13-7-14-34-55)57-43-44-62-65(47-57)77(53-29-9-5-10-30-53,54-31-11-6-12-32-54)66-48-67(60-39-21-22-40-61(60)70(62)66)79(56-35-15-8-16-36-56)69-46-52-26-18-20-38-59(52)72-64-42-24-28-50(4-2)74(64)81-76(69)72/h5-48H,3-4H2,1-2H3. The number of furan rings is 2. The number of nitrogens with zero attached hydrogens (tertiary/aromatic N) is 2. The molecule has 0 saturated carbocycles. The first kappa shape index (κ1) is 46.9. The molecule has 0 saturated heterocycles. The van der Waals surface area contributed by atoms with E-state index in [0.717, 1.165) is 107 Å². The Bertz CT molecular complexity index is 4920. The summed E-state index contributed by atoms with van der Waals surface area (Å²) in [6.07, 6.45) is 1.73. The van der Waals surface area contributed by atoms with Gasteiger partial charge in [0.25, 0.3) is 0 Å². The number of hydrogen-bond donors (Lipinski definition) is 0. The van der Waals surface area contributed by atoms with Crippen LogP contribution in [0.5, 0.6) is 0 Å². The normalized spacial score (nSPS) is 12.8. The molecular weight excluding hydrogens is 985 g/mol. The van der Waals surface area contributed by atoms with E-state index in [1.807, 2.05) is 0 Å². The van der Waals surface area contributed by atoms with E-state index in [1.54, 1.807) is 0 Å². The van der Waals surface area contributed by atoms with Crippen LogP contribution in [0.1, 0.15) is 47.2 Å². The van der Waals surface area contributed by atoms with Gasteiger partial charge in [0.1, 0.15) is 11.2 Å². The maximum absolute atomic E-state index is 7.31. The number of aryl methyl sites for hydroxylation is 2. The molecule has 1 aliphatic rings. The van der Waals surface area contributed by atoms with E-state index in [4.69, 9.17) is 8.83 Å². The van der Waals surface area contributed by atoms with Crippen molar-refractivity contribution >= 4 is 110 Å². The van der Waals surface area contributed by atoms with Crippen molar-refractivity contribution in [2.24, 2.45) is 0 Å². The lowest BCUT2D eigenvalue weighted by molar-refractivity contribution is 0.663. The third-order valence-electron chi connectivity index (χ3n) is 17.4. The number of rotatable bonds is 10. The predicted molar refractivity (Wildman–Crippen MR) is 339 cm³/mol. The average molecular weight is 1040 g/mol. The SMILES string of the molecule is CCc1cccc2c1oc1c(N(c3ccccc3)c3ccc4c(c3)C(c3ccccc3)(c3ccccc3)c3cc(N(c5ccccc5)c5cc6ccccc6c6c5oc5c(CC)cccc56)c5ccccc5c3-4)cc3ccccc3c12. The highest BCUT2D eigenvalue weighted by Gasteiger charge is 2.48. The molecule has 0 unspecified atom stereocenters. The van der Waals surface area contributed by atoms with Crippen molar-refractivity contribution in [3.63, 3.8) is 0 Å². The van der Waals surface area contributed by atoms with Crippen LogP contribution in [0.4, 0.5) is 34.1 Å². The minimum atomic E-state index is -0.797. The molecule has 15 aromatic rings. The first-order chi connectivity index (χ1) is 40.1. The topological polar surface area (TPSA) is 32.8 Å². The van der Waals surface area contributed by atoms with Gasteiger partial charge in [-0.25, -0.2) is 0 Å². The number of anilines is 6. The first-order valence-corrected chi connectivity index (χ1v) is 28.4. The van der Waals surface area contributed by atoms with Crippen LogP contribution in [0, 0.1) is 0 Å². The lowest BCUT2D eigenvalue weighted by Crippen LogP contribution is -2.29. The number of para-hydroxylation sites is 4. The minimum Gasteiger partial charge on any atom is -0.454 e. The summed E-state index contributed by atoms with van der Waals surface area (Å²) in [6, 6.07) is 98.3. The zero-order valence-corrected chi connectivity index (χ0v) is 45.0. The highest BCUT2D eigenvalue weighted by Crippen LogP contribution is 2.61. The molecule has 0 amide bonds. The fourth-order valence-corrected chi connectivity index (χ4v) is 13.9. The summed E-state index contributed by atoms with van der Waals surface area (Å²) in [4.78, 5) is 4.90. The Balaban J connectivity index is 1.02. The summed E-state index contributed by atoms with van der Waals surface area (Å²) >= 11 is 0. The van der Waals surface area contributed by atoms with Gasteiger partial charge in [-0.1, -0.05) is 226 Å². The van der Waals surface area contributed by atoms with Gasteiger partial charge in [0.15, 0.2) is 11.2 Å². The van der Waals surface area contributed by atoms with Crippen LogP contribution in [0.2, 0.25) is 0 Å². The van der Waals surface area contributed by atoms with E-state index >= 15 is 0 Å². The summed E-state index contributed by atoms with van der Waals surface area (Å²) < 4.78 is 14.6. The highest BCUT2D eigenvalue weighted by molar-refractivity contribution is 6.25. The minimum absolute atomic E-state index is 0.797. The zero-order valence-electron chi connectivity index (χ0n) is 45.0. The number of hydrogen-bond acceptors (Lipinski definition) is 4. The maximum Gasteiger partial charge on any atom is 0.160 e. The summed E-state index contributed by atoms with van der Waals surface area (Å²) in [6.45, 7) is 4.42. The quantitative estimate of drug-likeness (QED) is 0.137. The largest absolute Gasteiger partial charge is 0.454 e. The highest BCUT2D eigenvalue weighted by atomic mass is 16.3. The van der Waals surface area contributed by atoms with Crippen LogP contribution in [-0.2, 0) is 18.3 Å². The number of fused-ring (bicyclic) bond motifs is 15. The van der Waals surface area contributed by atoms with E-state index < -0.39 is 5.41 Å². The Morgan fingerprint density at radius 3 is 1.30 bits per heavy atom. The van der Waals surface area contributed by atoms with Crippen molar-refractivity contribution in [3.05, 3.63) is 300 Å². The first-order valence-electron chi connectivity index (χ1n) is 28.4. The number of benzene rings is 13. The van der Waals surface area contributed by atoms with Gasteiger partial charge < -0.3 is 18.6 Å². The molecular formula is C77H54N2O2. The molecule has 384 valence electrons. The third kappa shape index (κ3) is 6.90. The zero-order chi connectivity index (χ0) is 53.8. The van der Waals surface area contributed by atoms with Crippen molar-refractivity contribution < 1.29 is 8.83 Å². The Morgan fingerprint density at radius 2 is 0.765 bits per heavy atom. The van der Waals surface area contributed by atoms with Gasteiger partial charge in [0.2, 0.25) is 0 Å². The molecule has 1 aliphatic carbocycles. The van der Waals surface area contributed by atoms with E-state index in [1.165, 1.54) is 60.7 Å². The Morgan fingerprint density at radius 1 is 0.321 bits per heavy atom. The molecule has 0 bridgehead atoms. The molecule has 2 aromatic heterocycles. The fourth-order valence-electron chi connectivity index (χ4n) is 13.9. The molecule has 81 heavy (non-hydrogen) atoms. The molecule has 0 aliphatic heterocycles. The Kier molecular flexibility index (Phi) is 10.7. The fraction of sp³-hybridized carbons (Fsp3) is 0.0649. The molecule has 16 rings (SSSR count). The Hall–Kier alpha value is -10.2. The predicted octanol–water partition coefficient (Wildman–Crippen LogP) is 21.4. The van der Waals surface area contributed by atoms with Crippen molar-refractivity contribution in [1.82, 2.24) is 0 Å². The van der Waals surface area contributed by atoms with Crippen LogP contribution in [-0.4, -0.2) is 0 Å². The van der Waals surface area contributed by atoms with Crippen LogP contribution in [0.3, 0.4) is 0 Å². The summed E-state index contributed by atoms with van der Waals surface area (Å²) in [5.41, 5.74) is 18.5. The van der Waals surface area contributed by atoms with Gasteiger partial charge in [-0.3, -0.25) is 0 Å². The van der Waals surface area contributed by atoms with Crippen molar-refractivity contribution in [3.8, 4) is 11.1 Å². The molecule has 0 spiro atoms. The second-order valence-electron chi connectivity index (χ2n) is 21.6. The summed E-state index contributed by atoms with van der Waals surface area (Å²) in [5.74, 6) is 0. The lowest BCUT2D eigenvalue weighted by atomic mass is 9.67. The monoisotopic (exact) mass is 1040 g/mol. The van der Waals surface area contributed by atoms with Crippen LogP contribution >= 0.6 is 0 Å². The van der Waals surface area contributed by atoms with E-state index in [2.05, 4.69) is 291 Å².